The molecule has 0 amide bonds. The van der Waals surface area contributed by atoms with Gasteiger partial charge in [0, 0.05) is 6.99 Å². The minimum atomic E-state index is -0.475. The van der Waals surface area contributed by atoms with E-state index >= 15 is 0 Å². The highest BCUT2D eigenvalue weighted by atomic mass is 19.1. The number of aryl methyl sites for hydroxylation is 7. The third-order valence-electron chi connectivity index (χ3n) is 7.60. The lowest BCUT2D eigenvalue weighted by molar-refractivity contribution is 0.308. The fourth-order valence-electron chi connectivity index (χ4n) is 4.23. The van der Waals surface area contributed by atoms with Gasteiger partial charge >= 0.3 is 0 Å². The predicted octanol–water partition coefficient (Wildman–Crippen LogP) is 12.8. The lowest BCUT2D eigenvalue weighted by Gasteiger charge is -2.22. The minimum absolute atomic E-state index is 0. The van der Waals surface area contributed by atoms with E-state index < -0.39 is 11.6 Å². The third kappa shape index (κ3) is 15.9. The number of hydrogen-bond donors (Lipinski definition) is 0. The summed E-state index contributed by atoms with van der Waals surface area (Å²) in [5, 5.41) is 0. The van der Waals surface area contributed by atoms with Gasteiger partial charge in [-0.15, -0.1) is 0 Å². The molecule has 0 unspecified atom stereocenters. The van der Waals surface area contributed by atoms with E-state index in [0.717, 1.165) is 23.0 Å². The first-order valence-electron chi connectivity index (χ1n) is 15.5. The second-order valence-electron chi connectivity index (χ2n) is 12.4. The quantitative estimate of drug-likeness (QED) is 0.174. The fourth-order valence-corrected chi connectivity index (χ4v) is 4.23. The summed E-state index contributed by atoms with van der Waals surface area (Å²) in [4.78, 5) is 0. The van der Waals surface area contributed by atoms with Crippen molar-refractivity contribution in [2.45, 2.75) is 94.9 Å². The molecule has 242 valence electrons. The van der Waals surface area contributed by atoms with Crippen molar-refractivity contribution >= 4 is 0 Å². The van der Waals surface area contributed by atoms with Crippen molar-refractivity contribution in [1.29, 1.82) is 0 Å². The lowest BCUT2D eigenvalue weighted by atomic mass is 9.84. The highest BCUT2D eigenvalue weighted by Crippen LogP contribution is 2.27. The van der Waals surface area contributed by atoms with Gasteiger partial charge in [-0.2, -0.15) is 0 Å². The summed E-state index contributed by atoms with van der Waals surface area (Å²) in [6.07, 6.45) is 5.89. The van der Waals surface area contributed by atoms with Crippen LogP contribution in [0.15, 0.2) is 72.8 Å². The largest absolute Gasteiger partial charge is 0.207 e. The van der Waals surface area contributed by atoms with Crippen molar-refractivity contribution < 1.29 is 19.0 Å². The number of benzene rings is 4. The molecule has 0 saturated heterocycles. The van der Waals surface area contributed by atoms with Crippen molar-refractivity contribution in [2.24, 2.45) is 11.8 Å². The maximum Gasteiger partial charge on any atom is 0.129 e. The summed E-state index contributed by atoms with van der Waals surface area (Å²) >= 11 is 0. The van der Waals surface area contributed by atoms with Gasteiger partial charge in [0.2, 0.25) is 0 Å². The van der Waals surface area contributed by atoms with Crippen LogP contribution >= 0.6 is 0 Å². The van der Waals surface area contributed by atoms with Gasteiger partial charge in [0.25, 0.3) is 0 Å². The van der Waals surface area contributed by atoms with Gasteiger partial charge in [0.15, 0.2) is 0 Å². The Morgan fingerprint density at radius 3 is 0.955 bits per heavy atom. The van der Waals surface area contributed by atoms with Crippen LogP contribution in [0.4, 0.5) is 17.6 Å². The molecule has 0 radical (unpaired) electrons. The molecule has 1 aliphatic rings. The van der Waals surface area contributed by atoms with Gasteiger partial charge < -0.3 is 0 Å². The van der Waals surface area contributed by atoms with Crippen molar-refractivity contribution in [3.63, 3.8) is 0 Å². The van der Waals surface area contributed by atoms with Crippen LogP contribution in [0.3, 0.4) is 0 Å². The van der Waals surface area contributed by atoms with Crippen LogP contribution in [0.25, 0.3) is 0 Å². The summed E-state index contributed by atoms with van der Waals surface area (Å²) in [7, 11) is 0. The Balaban J connectivity index is 0.000000536. The molecule has 5 rings (SSSR count). The molecular formula is C40H54F4. The molecule has 0 nitrogen and oxygen atoms in total. The summed E-state index contributed by atoms with van der Waals surface area (Å²) in [5.74, 6) is 0.859. The van der Waals surface area contributed by atoms with Gasteiger partial charge in [0.05, 0.1) is 0 Å². The summed E-state index contributed by atoms with van der Waals surface area (Å²) < 4.78 is 50.4. The predicted molar refractivity (Wildman–Crippen MR) is 182 cm³/mol. The summed E-state index contributed by atoms with van der Waals surface area (Å²) in [6, 6.07) is 21.6. The van der Waals surface area contributed by atoms with Crippen molar-refractivity contribution in [1.82, 2.24) is 0 Å². The molecule has 4 aromatic rings. The molecule has 1 saturated carbocycles. The van der Waals surface area contributed by atoms with E-state index in [0.29, 0.717) is 16.7 Å². The van der Waals surface area contributed by atoms with Crippen LogP contribution in [0.1, 0.15) is 85.5 Å². The van der Waals surface area contributed by atoms with Crippen molar-refractivity contribution in [3.05, 3.63) is 141 Å². The standard InChI is InChI=1S/C8H8F2.2C8H9F.C8H16.C8H10.H2/c1-5-3-7(9)6(2)8(10)4-5;2*1-6-3-4-7(2)8(9)5-6;2*1-7-3-5-8(2)6-4-7;/h3-4H,1-2H3;2*3-5H,1-2H3;7-8H,3-6H2,1-2H3;3-6H,1-2H3;1H. The van der Waals surface area contributed by atoms with Crippen LogP contribution in [-0.4, -0.2) is 0 Å². The molecule has 4 aromatic carbocycles. The van der Waals surface area contributed by atoms with E-state index in [1.54, 1.807) is 32.9 Å². The smallest absolute Gasteiger partial charge is 0.129 e. The molecule has 1 aliphatic carbocycles. The molecule has 0 bridgehead atoms. The van der Waals surface area contributed by atoms with Gasteiger partial charge in [-0.25, -0.2) is 17.6 Å². The normalized spacial score (nSPS) is 15.1. The monoisotopic (exact) mass is 610 g/mol. The Morgan fingerprint density at radius 1 is 0.409 bits per heavy atom. The van der Waals surface area contributed by atoms with E-state index in [-0.39, 0.29) is 18.6 Å². The topological polar surface area (TPSA) is 0 Å². The van der Waals surface area contributed by atoms with Crippen LogP contribution in [0, 0.1) is 90.5 Å². The Morgan fingerprint density at radius 2 is 0.682 bits per heavy atom. The van der Waals surface area contributed by atoms with E-state index in [9.17, 15) is 17.6 Å². The Bertz CT molecular complexity index is 1300. The van der Waals surface area contributed by atoms with Gasteiger partial charge in [-0.05, 0) is 119 Å². The Hall–Kier alpha value is -3.40. The molecule has 0 heterocycles. The van der Waals surface area contributed by atoms with Crippen LogP contribution in [-0.2, 0) is 0 Å². The molecule has 1 fully saturated rings. The van der Waals surface area contributed by atoms with Gasteiger partial charge in [0.1, 0.15) is 23.3 Å². The van der Waals surface area contributed by atoms with Gasteiger partial charge in [-0.1, -0.05) is 99.2 Å². The second kappa shape index (κ2) is 19.8. The van der Waals surface area contributed by atoms with Crippen LogP contribution < -0.4 is 0 Å². The van der Waals surface area contributed by atoms with Crippen LogP contribution in [0.2, 0.25) is 0 Å². The molecule has 0 spiro atoms. The number of hydrogen-bond acceptors (Lipinski definition) is 0. The highest BCUT2D eigenvalue weighted by Gasteiger charge is 2.13. The van der Waals surface area contributed by atoms with E-state index in [1.807, 2.05) is 26.0 Å². The van der Waals surface area contributed by atoms with Gasteiger partial charge in [-0.3, -0.25) is 0 Å². The molecular weight excluding hydrogens is 556 g/mol. The summed E-state index contributed by atoms with van der Waals surface area (Å²) in [6.45, 7) is 19.3. The zero-order valence-corrected chi connectivity index (χ0v) is 28.4. The SMILES string of the molecule is CC1CCC(C)CC1.Cc1cc(F)c(C)c(F)c1.Cc1ccc(C)c(F)c1.Cc1ccc(C)c(F)c1.Cc1ccc(C)cc1.[HH]. The second-order valence-corrected chi connectivity index (χ2v) is 12.4. The van der Waals surface area contributed by atoms with Crippen molar-refractivity contribution in [3.8, 4) is 0 Å². The maximum absolute atomic E-state index is 12.6. The molecule has 0 aliphatic heterocycles. The first-order valence-corrected chi connectivity index (χ1v) is 15.5. The lowest BCUT2D eigenvalue weighted by Crippen LogP contribution is -2.08. The molecule has 44 heavy (non-hydrogen) atoms. The van der Waals surface area contributed by atoms with E-state index in [2.05, 4.69) is 52.0 Å². The fraction of sp³-hybridized carbons (Fsp3) is 0.400. The van der Waals surface area contributed by atoms with Crippen molar-refractivity contribution in [2.75, 3.05) is 0 Å². The average Bonchev–Trinajstić information content (AvgIpc) is 2.96. The molecule has 0 atom stereocenters. The molecule has 0 aromatic heterocycles. The van der Waals surface area contributed by atoms with Crippen LogP contribution in [0.5, 0.6) is 0 Å². The molecule has 0 N–H and O–H groups in total. The maximum atomic E-state index is 12.6. The first-order chi connectivity index (χ1) is 20.6. The molecule has 4 heteroatoms. The third-order valence-corrected chi connectivity index (χ3v) is 7.60. The van der Waals surface area contributed by atoms with E-state index in [4.69, 9.17) is 0 Å². The number of halogens is 4. The zero-order valence-electron chi connectivity index (χ0n) is 28.4. The summed E-state index contributed by atoms with van der Waals surface area (Å²) in [5.41, 5.74) is 6.72. The highest BCUT2D eigenvalue weighted by molar-refractivity contribution is 5.24. The minimum Gasteiger partial charge on any atom is -0.207 e. The first kappa shape index (κ1) is 38.6. The Kier molecular flexibility index (Phi) is 17.4. The van der Waals surface area contributed by atoms with E-state index in [1.165, 1.54) is 68.0 Å². The average molecular weight is 611 g/mol. The number of rotatable bonds is 0. The Labute approximate surface area is 266 Å². The zero-order chi connectivity index (χ0) is 33.4.